The molecule has 0 saturated carbocycles. The van der Waals surface area contributed by atoms with Gasteiger partial charge in [0.2, 0.25) is 5.91 Å². The van der Waals surface area contributed by atoms with Gasteiger partial charge in [-0.25, -0.2) is 4.98 Å². The molecule has 30 heavy (non-hydrogen) atoms. The predicted molar refractivity (Wildman–Crippen MR) is 114 cm³/mol. The van der Waals surface area contributed by atoms with E-state index in [1.54, 1.807) is 24.3 Å². The molecular weight excluding hydrogens is 402 g/mol. The summed E-state index contributed by atoms with van der Waals surface area (Å²) >= 11 is 1.27. The lowest BCUT2D eigenvalue weighted by molar-refractivity contribution is -0.116. The number of hydrogen-bond acceptors (Lipinski definition) is 6. The standard InChI is InChI=1S/C22H19N3O4S/c1-13(2)29-15-9-7-14(8-10-15)18-12-30-22(23-18)24-19(26)11-25-20(27)16-5-3-4-6-17(16)21(25)28/h3-10,12-13H,11H2,1-2H3,(H,23,24,26). The first-order valence-corrected chi connectivity index (χ1v) is 10.3. The summed E-state index contributed by atoms with van der Waals surface area (Å²) in [6.45, 7) is 3.57. The lowest BCUT2D eigenvalue weighted by Gasteiger charge is -2.12. The van der Waals surface area contributed by atoms with Crippen molar-refractivity contribution in [1.82, 2.24) is 9.88 Å². The lowest BCUT2D eigenvalue weighted by Crippen LogP contribution is -2.37. The number of rotatable bonds is 6. The van der Waals surface area contributed by atoms with Crippen molar-refractivity contribution >= 4 is 34.2 Å². The number of ether oxygens (including phenoxy) is 1. The maximum atomic E-state index is 12.4. The van der Waals surface area contributed by atoms with Crippen LogP contribution in [0.5, 0.6) is 5.75 Å². The van der Waals surface area contributed by atoms with Gasteiger partial charge in [-0.15, -0.1) is 11.3 Å². The molecule has 0 bridgehead atoms. The van der Waals surface area contributed by atoms with Crippen molar-refractivity contribution in [2.75, 3.05) is 11.9 Å². The minimum absolute atomic E-state index is 0.0964. The third-order valence-corrected chi connectivity index (χ3v) is 5.21. The molecule has 1 N–H and O–H groups in total. The maximum Gasteiger partial charge on any atom is 0.262 e. The number of nitrogens with zero attached hydrogens (tertiary/aromatic N) is 2. The highest BCUT2D eigenvalue weighted by atomic mass is 32.1. The fourth-order valence-corrected chi connectivity index (χ4v) is 3.86. The number of benzene rings is 2. The largest absolute Gasteiger partial charge is 0.491 e. The number of aromatic nitrogens is 1. The van der Waals surface area contributed by atoms with Crippen LogP contribution in [0, 0.1) is 0 Å². The van der Waals surface area contributed by atoms with E-state index in [2.05, 4.69) is 10.3 Å². The van der Waals surface area contributed by atoms with Gasteiger partial charge >= 0.3 is 0 Å². The Hall–Kier alpha value is -3.52. The van der Waals surface area contributed by atoms with Crippen molar-refractivity contribution in [2.45, 2.75) is 20.0 Å². The molecule has 3 amide bonds. The van der Waals surface area contributed by atoms with Gasteiger partial charge in [0, 0.05) is 10.9 Å². The van der Waals surface area contributed by atoms with E-state index in [1.807, 2.05) is 43.5 Å². The topological polar surface area (TPSA) is 88.6 Å². The monoisotopic (exact) mass is 421 g/mol. The molecule has 0 radical (unpaired) electrons. The van der Waals surface area contributed by atoms with Crippen LogP contribution in [0.2, 0.25) is 0 Å². The normalized spacial score (nSPS) is 13.0. The van der Waals surface area contributed by atoms with Crippen LogP contribution < -0.4 is 10.1 Å². The summed E-state index contributed by atoms with van der Waals surface area (Å²) in [7, 11) is 0. The molecule has 0 aliphatic carbocycles. The van der Waals surface area contributed by atoms with Gasteiger partial charge in [0.05, 0.1) is 22.9 Å². The quantitative estimate of drug-likeness (QED) is 0.611. The van der Waals surface area contributed by atoms with E-state index >= 15 is 0 Å². The van der Waals surface area contributed by atoms with Gasteiger partial charge in [0.15, 0.2) is 5.13 Å². The molecule has 8 heteroatoms. The number of carbonyl (C=O) groups is 3. The molecule has 1 aliphatic rings. The number of hydrogen-bond donors (Lipinski definition) is 1. The van der Waals surface area contributed by atoms with Crippen molar-refractivity contribution in [3.05, 3.63) is 65.0 Å². The van der Waals surface area contributed by atoms with Crippen molar-refractivity contribution < 1.29 is 19.1 Å². The van der Waals surface area contributed by atoms with E-state index in [9.17, 15) is 14.4 Å². The maximum absolute atomic E-state index is 12.4. The number of thiazole rings is 1. The van der Waals surface area contributed by atoms with E-state index < -0.39 is 17.7 Å². The summed E-state index contributed by atoms with van der Waals surface area (Å²) in [4.78, 5) is 42.5. The van der Waals surface area contributed by atoms with Crippen LogP contribution in [0.25, 0.3) is 11.3 Å². The summed E-state index contributed by atoms with van der Waals surface area (Å²) in [6.07, 6.45) is 0.0964. The van der Waals surface area contributed by atoms with Crippen LogP contribution in [0.4, 0.5) is 5.13 Å². The Balaban J connectivity index is 1.40. The molecule has 0 spiro atoms. The minimum atomic E-state index is -0.480. The Kier molecular flexibility index (Phi) is 5.33. The molecule has 0 atom stereocenters. The Morgan fingerprint density at radius 2 is 1.70 bits per heavy atom. The van der Waals surface area contributed by atoms with E-state index in [-0.39, 0.29) is 12.6 Å². The fraction of sp³-hybridized carbons (Fsp3) is 0.182. The first-order chi connectivity index (χ1) is 14.4. The van der Waals surface area contributed by atoms with Crippen molar-refractivity contribution in [1.29, 1.82) is 0 Å². The molecule has 4 rings (SSSR count). The Labute approximate surface area is 177 Å². The highest BCUT2D eigenvalue weighted by Gasteiger charge is 2.36. The molecular formula is C22H19N3O4S. The second kappa shape index (κ2) is 8.08. The predicted octanol–water partition coefficient (Wildman–Crippen LogP) is 3.83. The van der Waals surface area contributed by atoms with Gasteiger partial charge in [-0.1, -0.05) is 12.1 Å². The molecule has 0 unspecified atom stereocenters. The summed E-state index contributed by atoms with van der Waals surface area (Å²) < 4.78 is 5.63. The van der Waals surface area contributed by atoms with Crippen LogP contribution in [0.15, 0.2) is 53.9 Å². The third kappa shape index (κ3) is 3.95. The third-order valence-electron chi connectivity index (χ3n) is 4.45. The first-order valence-electron chi connectivity index (χ1n) is 9.40. The summed E-state index contributed by atoms with van der Waals surface area (Å²) in [5, 5.41) is 4.89. The number of imide groups is 1. The molecule has 1 aromatic heterocycles. The number of amides is 3. The van der Waals surface area contributed by atoms with Crippen molar-refractivity contribution in [3.63, 3.8) is 0 Å². The van der Waals surface area contributed by atoms with Gasteiger partial charge in [-0.05, 0) is 50.2 Å². The highest BCUT2D eigenvalue weighted by molar-refractivity contribution is 7.14. The zero-order chi connectivity index (χ0) is 21.3. The summed E-state index contributed by atoms with van der Waals surface area (Å²) in [5.74, 6) is -0.631. The summed E-state index contributed by atoms with van der Waals surface area (Å²) in [5.41, 5.74) is 2.24. The molecule has 2 aromatic carbocycles. The lowest BCUT2D eigenvalue weighted by atomic mass is 10.1. The van der Waals surface area contributed by atoms with Gasteiger partial charge in [-0.2, -0.15) is 0 Å². The van der Waals surface area contributed by atoms with E-state index in [1.165, 1.54) is 11.3 Å². The van der Waals surface area contributed by atoms with Crippen molar-refractivity contribution in [2.24, 2.45) is 0 Å². The Morgan fingerprint density at radius 1 is 1.07 bits per heavy atom. The Bertz CT molecular complexity index is 1090. The molecule has 1 aliphatic heterocycles. The summed E-state index contributed by atoms with van der Waals surface area (Å²) in [6, 6.07) is 14.1. The van der Waals surface area contributed by atoms with Crippen LogP contribution in [0.3, 0.4) is 0 Å². The SMILES string of the molecule is CC(C)Oc1ccc(-c2csc(NC(=O)CN3C(=O)c4ccccc4C3=O)n2)cc1. The van der Waals surface area contributed by atoms with Crippen LogP contribution >= 0.6 is 11.3 Å². The van der Waals surface area contributed by atoms with Crippen LogP contribution in [0.1, 0.15) is 34.6 Å². The number of carbonyl (C=O) groups excluding carboxylic acids is 3. The van der Waals surface area contributed by atoms with Crippen LogP contribution in [-0.4, -0.2) is 40.3 Å². The van der Waals surface area contributed by atoms with Gasteiger partial charge in [0.25, 0.3) is 11.8 Å². The second-order valence-corrected chi connectivity index (χ2v) is 7.88. The van der Waals surface area contributed by atoms with Gasteiger partial charge < -0.3 is 10.1 Å². The first kappa shape index (κ1) is 19.8. The van der Waals surface area contributed by atoms with E-state index in [4.69, 9.17) is 4.74 Å². The molecule has 152 valence electrons. The molecule has 7 nitrogen and oxygen atoms in total. The second-order valence-electron chi connectivity index (χ2n) is 7.02. The zero-order valence-corrected chi connectivity index (χ0v) is 17.2. The van der Waals surface area contributed by atoms with E-state index in [0.29, 0.717) is 22.0 Å². The van der Waals surface area contributed by atoms with Crippen molar-refractivity contribution in [3.8, 4) is 17.0 Å². The number of fused-ring (bicyclic) bond motifs is 1. The highest BCUT2D eigenvalue weighted by Crippen LogP contribution is 2.27. The fourth-order valence-electron chi connectivity index (χ4n) is 3.13. The Morgan fingerprint density at radius 3 is 2.30 bits per heavy atom. The number of anilines is 1. The minimum Gasteiger partial charge on any atom is -0.491 e. The van der Waals surface area contributed by atoms with Gasteiger partial charge in [-0.3, -0.25) is 19.3 Å². The van der Waals surface area contributed by atoms with Crippen LogP contribution in [-0.2, 0) is 4.79 Å². The van der Waals surface area contributed by atoms with Gasteiger partial charge in [0.1, 0.15) is 12.3 Å². The molecule has 3 aromatic rings. The average Bonchev–Trinajstić information content (AvgIpc) is 3.27. The number of nitrogens with one attached hydrogen (secondary N) is 1. The van der Waals surface area contributed by atoms with E-state index in [0.717, 1.165) is 16.2 Å². The average molecular weight is 421 g/mol. The smallest absolute Gasteiger partial charge is 0.262 e. The zero-order valence-electron chi connectivity index (χ0n) is 16.4. The molecule has 0 saturated heterocycles. The molecule has 2 heterocycles. The molecule has 0 fully saturated rings.